The highest BCUT2D eigenvalue weighted by molar-refractivity contribution is 5.95. The summed E-state index contributed by atoms with van der Waals surface area (Å²) in [6, 6.07) is 10.6. The number of piperazine rings is 1. The van der Waals surface area contributed by atoms with E-state index < -0.39 is 0 Å². The molecule has 2 fully saturated rings. The number of aromatic nitrogens is 1. The number of hydrogen-bond acceptors (Lipinski definition) is 4. The zero-order chi connectivity index (χ0) is 17.9. The maximum Gasteiger partial charge on any atom is 0.254 e. The highest BCUT2D eigenvalue weighted by atomic mass is 19.1. The van der Waals surface area contributed by atoms with Gasteiger partial charge in [0.1, 0.15) is 11.6 Å². The molecule has 5 nitrogen and oxygen atoms in total. The Morgan fingerprint density at radius 1 is 0.923 bits per heavy atom. The molecule has 6 heteroatoms. The third kappa shape index (κ3) is 3.36. The van der Waals surface area contributed by atoms with Gasteiger partial charge in [-0.25, -0.2) is 9.37 Å². The Morgan fingerprint density at radius 2 is 1.62 bits per heavy atom. The van der Waals surface area contributed by atoms with Gasteiger partial charge in [-0.1, -0.05) is 12.1 Å². The number of para-hydroxylation sites is 1. The van der Waals surface area contributed by atoms with Crippen LogP contribution in [0.2, 0.25) is 0 Å². The summed E-state index contributed by atoms with van der Waals surface area (Å²) in [6.45, 7) is 4.65. The smallest absolute Gasteiger partial charge is 0.254 e. The van der Waals surface area contributed by atoms with Crippen molar-refractivity contribution in [3.05, 3.63) is 54.0 Å². The van der Waals surface area contributed by atoms with Crippen molar-refractivity contribution in [2.75, 3.05) is 49.1 Å². The first-order valence-electron chi connectivity index (χ1n) is 9.22. The van der Waals surface area contributed by atoms with Crippen LogP contribution in [-0.2, 0) is 0 Å². The van der Waals surface area contributed by atoms with Crippen LogP contribution >= 0.6 is 0 Å². The quantitative estimate of drug-likeness (QED) is 0.850. The lowest BCUT2D eigenvalue weighted by atomic mass is 10.2. The summed E-state index contributed by atoms with van der Waals surface area (Å²) < 4.78 is 14.0. The molecule has 3 heterocycles. The lowest BCUT2D eigenvalue weighted by molar-refractivity contribution is 0.0792. The second kappa shape index (κ2) is 7.32. The van der Waals surface area contributed by atoms with Gasteiger partial charge in [0.2, 0.25) is 0 Å². The minimum Gasteiger partial charge on any atom is -0.366 e. The zero-order valence-electron chi connectivity index (χ0n) is 14.8. The van der Waals surface area contributed by atoms with Gasteiger partial charge in [-0.05, 0) is 37.1 Å². The molecule has 26 heavy (non-hydrogen) atoms. The fourth-order valence-corrected chi connectivity index (χ4v) is 3.71. The fraction of sp³-hybridized carbons (Fsp3) is 0.400. The second-order valence-electron chi connectivity index (χ2n) is 6.83. The van der Waals surface area contributed by atoms with Crippen LogP contribution < -0.4 is 9.80 Å². The maximum atomic E-state index is 14.0. The van der Waals surface area contributed by atoms with Gasteiger partial charge < -0.3 is 14.7 Å². The second-order valence-corrected chi connectivity index (χ2v) is 6.83. The topological polar surface area (TPSA) is 39.7 Å². The highest BCUT2D eigenvalue weighted by Gasteiger charge is 2.23. The van der Waals surface area contributed by atoms with Gasteiger partial charge in [0.05, 0.1) is 5.69 Å². The minimum absolute atomic E-state index is 0.0937. The molecule has 1 amide bonds. The lowest BCUT2D eigenvalue weighted by Gasteiger charge is -2.37. The Hall–Kier alpha value is -2.63. The van der Waals surface area contributed by atoms with E-state index in [9.17, 15) is 9.18 Å². The van der Waals surface area contributed by atoms with Crippen molar-refractivity contribution < 1.29 is 9.18 Å². The average molecular weight is 354 g/mol. The fourth-order valence-electron chi connectivity index (χ4n) is 3.71. The Morgan fingerprint density at radius 3 is 2.35 bits per heavy atom. The molecule has 0 radical (unpaired) electrons. The highest BCUT2D eigenvalue weighted by Crippen LogP contribution is 2.23. The van der Waals surface area contributed by atoms with Crippen LogP contribution in [0.1, 0.15) is 23.2 Å². The van der Waals surface area contributed by atoms with E-state index in [1.165, 1.54) is 6.07 Å². The van der Waals surface area contributed by atoms with Gasteiger partial charge in [-0.15, -0.1) is 0 Å². The van der Waals surface area contributed by atoms with Gasteiger partial charge in [-0.3, -0.25) is 4.79 Å². The first kappa shape index (κ1) is 16.8. The summed E-state index contributed by atoms with van der Waals surface area (Å²) in [6.07, 6.45) is 3.88. The molecule has 2 saturated heterocycles. The van der Waals surface area contributed by atoms with Gasteiger partial charge in [-0.2, -0.15) is 0 Å². The summed E-state index contributed by atoms with van der Waals surface area (Å²) in [5, 5.41) is 0. The Balaban J connectivity index is 1.44. The van der Waals surface area contributed by atoms with Crippen LogP contribution in [0.4, 0.5) is 15.9 Å². The van der Waals surface area contributed by atoms with E-state index in [0.29, 0.717) is 11.3 Å². The summed E-state index contributed by atoms with van der Waals surface area (Å²) in [5.74, 6) is 0.733. The molecule has 2 aromatic rings. The number of nitrogens with zero attached hydrogens (tertiary/aromatic N) is 4. The normalized spacial score (nSPS) is 17.7. The van der Waals surface area contributed by atoms with E-state index in [1.54, 1.807) is 18.3 Å². The standard InChI is InChI=1S/C20H23FN4O/c21-17-5-1-2-6-18(17)23-11-13-24(14-12-23)19-15-16(7-8-22-19)20(26)25-9-3-4-10-25/h1-2,5-8,15H,3-4,9-14H2. The van der Waals surface area contributed by atoms with E-state index in [2.05, 4.69) is 14.8 Å². The van der Waals surface area contributed by atoms with Crippen molar-refractivity contribution in [2.24, 2.45) is 0 Å². The molecular weight excluding hydrogens is 331 g/mol. The first-order chi connectivity index (χ1) is 12.7. The summed E-state index contributed by atoms with van der Waals surface area (Å²) in [5.41, 5.74) is 1.35. The number of likely N-dealkylation sites (tertiary alicyclic amines) is 1. The number of carbonyl (C=O) groups is 1. The molecule has 0 unspecified atom stereocenters. The lowest BCUT2D eigenvalue weighted by Crippen LogP contribution is -2.47. The Labute approximate surface area is 153 Å². The zero-order valence-corrected chi connectivity index (χ0v) is 14.8. The predicted molar refractivity (Wildman–Crippen MR) is 100 cm³/mol. The van der Waals surface area contributed by atoms with Crippen LogP contribution in [0.25, 0.3) is 0 Å². The number of anilines is 2. The molecule has 0 N–H and O–H groups in total. The minimum atomic E-state index is -0.183. The summed E-state index contributed by atoms with van der Waals surface area (Å²) >= 11 is 0. The summed E-state index contributed by atoms with van der Waals surface area (Å²) in [7, 11) is 0. The number of rotatable bonds is 3. The SMILES string of the molecule is O=C(c1ccnc(N2CCN(c3ccccc3F)CC2)c1)N1CCCC1. The van der Waals surface area contributed by atoms with E-state index in [1.807, 2.05) is 23.1 Å². The summed E-state index contributed by atoms with van der Waals surface area (Å²) in [4.78, 5) is 23.2. The van der Waals surface area contributed by atoms with Crippen molar-refractivity contribution in [3.8, 4) is 0 Å². The molecule has 4 rings (SSSR count). The van der Waals surface area contributed by atoms with Gasteiger partial charge in [0.15, 0.2) is 0 Å². The molecule has 0 atom stereocenters. The van der Waals surface area contributed by atoms with E-state index in [0.717, 1.165) is 57.9 Å². The molecule has 1 aromatic heterocycles. The van der Waals surface area contributed by atoms with Gasteiger partial charge in [0, 0.05) is 51.0 Å². The third-order valence-electron chi connectivity index (χ3n) is 5.18. The molecule has 0 aliphatic carbocycles. The van der Waals surface area contributed by atoms with Gasteiger partial charge >= 0.3 is 0 Å². The predicted octanol–water partition coefficient (Wildman–Crippen LogP) is 2.78. The number of carbonyl (C=O) groups excluding carboxylic acids is 1. The molecule has 0 saturated carbocycles. The molecular formula is C20H23FN4O. The van der Waals surface area contributed by atoms with Crippen molar-refractivity contribution in [1.82, 2.24) is 9.88 Å². The molecule has 136 valence electrons. The van der Waals surface area contributed by atoms with Crippen molar-refractivity contribution in [3.63, 3.8) is 0 Å². The van der Waals surface area contributed by atoms with Crippen LogP contribution in [0.15, 0.2) is 42.6 Å². The average Bonchev–Trinajstić information content (AvgIpc) is 3.23. The van der Waals surface area contributed by atoms with Crippen LogP contribution in [0, 0.1) is 5.82 Å². The molecule has 2 aliphatic rings. The number of halogens is 1. The van der Waals surface area contributed by atoms with Crippen molar-refractivity contribution in [1.29, 1.82) is 0 Å². The molecule has 2 aliphatic heterocycles. The Bertz CT molecular complexity index is 783. The van der Waals surface area contributed by atoms with Crippen LogP contribution in [0.3, 0.4) is 0 Å². The number of amides is 1. The van der Waals surface area contributed by atoms with E-state index in [4.69, 9.17) is 0 Å². The third-order valence-corrected chi connectivity index (χ3v) is 5.18. The van der Waals surface area contributed by atoms with E-state index >= 15 is 0 Å². The maximum absolute atomic E-state index is 14.0. The molecule has 0 bridgehead atoms. The first-order valence-corrected chi connectivity index (χ1v) is 9.22. The van der Waals surface area contributed by atoms with E-state index in [-0.39, 0.29) is 11.7 Å². The monoisotopic (exact) mass is 354 g/mol. The number of pyridine rings is 1. The van der Waals surface area contributed by atoms with Crippen LogP contribution in [0.5, 0.6) is 0 Å². The molecule has 1 aromatic carbocycles. The largest absolute Gasteiger partial charge is 0.366 e. The van der Waals surface area contributed by atoms with Crippen LogP contribution in [-0.4, -0.2) is 55.1 Å². The van der Waals surface area contributed by atoms with Crippen molar-refractivity contribution in [2.45, 2.75) is 12.8 Å². The number of benzene rings is 1. The Kier molecular flexibility index (Phi) is 4.73. The number of hydrogen-bond donors (Lipinski definition) is 0. The van der Waals surface area contributed by atoms with Gasteiger partial charge in [0.25, 0.3) is 5.91 Å². The molecule has 0 spiro atoms. The van der Waals surface area contributed by atoms with Crippen molar-refractivity contribution >= 4 is 17.4 Å².